The molecule has 1 heterocycles. The Hall–Kier alpha value is -1.66. The van der Waals surface area contributed by atoms with Crippen LogP contribution in [0.2, 0.25) is 0 Å². The molecule has 1 aliphatic rings. The molecule has 6 heteroatoms. The van der Waals surface area contributed by atoms with Gasteiger partial charge in [0, 0.05) is 18.7 Å². The molecule has 1 fully saturated rings. The number of nitro groups is 1. The fourth-order valence-corrected chi connectivity index (χ4v) is 1.45. The number of hydrogen-bond acceptors (Lipinski definition) is 5. The number of ether oxygens (including phenoxy) is 2. The Morgan fingerprint density at radius 1 is 1.41 bits per heavy atom. The Bertz CT molecular complexity index is 376. The Kier molecular flexibility index (Phi) is 3.89. The van der Waals surface area contributed by atoms with Gasteiger partial charge in [0.05, 0.1) is 24.2 Å². The van der Waals surface area contributed by atoms with E-state index >= 15 is 0 Å². The van der Waals surface area contributed by atoms with Crippen molar-refractivity contribution in [1.82, 2.24) is 5.32 Å². The number of hydrogen-bond donors (Lipinski definition) is 1. The molecule has 0 bridgehead atoms. The Morgan fingerprint density at radius 2 is 2.12 bits per heavy atom. The first kappa shape index (κ1) is 11.8. The molecule has 1 aliphatic heterocycles. The Labute approximate surface area is 98.7 Å². The third kappa shape index (κ3) is 3.40. The Balaban J connectivity index is 1.69. The van der Waals surface area contributed by atoms with Crippen molar-refractivity contribution >= 4 is 5.69 Å². The van der Waals surface area contributed by atoms with Crippen LogP contribution in [0.1, 0.15) is 0 Å². The topological polar surface area (TPSA) is 73.6 Å². The molecule has 0 radical (unpaired) electrons. The van der Waals surface area contributed by atoms with Gasteiger partial charge in [0.25, 0.3) is 5.69 Å². The van der Waals surface area contributed by atoms with Crippen LogP contribution >= 0.6 is 0 Å². The van der Waals surface area contributed by atoms with E-state index in [2.05, 4.69) is 5.32 Å². The van der Waals surface area contributed by atoms with Crippen molar-refractivity contribution in [3.8, 4) is 5.75 Å². The smallest absolute Gasteiger partial charge is 0.269 e. The van der Waals surface area contributed by atoms with Gasteiger partial charge in [0.1, 0.15) is 12.4 Å². The largest absolute Gasteiger partial charge is 0.492 e. The minimum absolute atomic E-state index is 0.0714. The van der Waals surface area contributed by atoms with Crippen LogP contribution in [0.5, 0.6) is 5.75 Å². The molecular formula is C11H14N2O4. The van der Waals surface area contributed by atoms with E-state index in [4.69, 9.17) is 9.47 Å². The monoisotopic (exact) mass is 238 g/mol. The van der Waals surface area contributed by atoms with Crippen molar-refractivity contribution in [2.45, 2.75) is 6.04 Å². The van der Waals surface area contributed by atoms with Gasteiger partial charge >= 0.3 is 0 Å². The van der Waals surface area contributed by atoms with Crippen molar-refractivity contribution in [3.63, 3.8) is 0 Å². The minimum atomic E-state index is -0.429. The Morgan fingerprint density at radius 3 is 2.65 bits per heavy atom. The van der Waals surface area contributed by atoms with E-state index in [1.54, 1.807) is 12.1 Å². The van der Waals surface area contributed by atoms with E-state index in [1.807, 2.05) is 0 Å². The van der Waals surface area contributed by atoms with Crippen LogP contribution in [0.3, 0.4) is 0 Å². The third-order valence-corrected chi connectivity index (χ3v) is 2.49. The molecule has 17 heavy (non-hydrogen) atoms. The zero-order valence-corrected chi connectivity index (χ0v) is 9.30. The van der Waals surface area contributed by atoms with E-state index < -0.39 is 4.92 Å². The van der Waals surface area contributed by atoms with Crippen LogP contribution in [0.4, 0.5) is 5.69 Å². The summed E-state index contributed by atoms with van der Waals surface area (Å²) in [7, 11) is 0. The molecule has 1 N–H and O–H groups in total. The summed E-state index contributed by atoms with van der Waals surface area (Å²) in [5, 5.41) is 13.7. The van der Waals surface area contributed by atoms with Gasteiger partial charge in [-0.3, -0.25) is 10.1 Å². The quantitative estimate of drug-likeness (QED) is 0.454. The summed E-state index contributed by atoms with van der Waals surface area (Å²) in [5.74, 6) is 0.641. The molecule has 0 atom stereocenters. The predicted octanol–water partition coefficient (Wildman–Crippen LogP) is 0.962. The van der Waals surface area contributed by atoms with Crippen LogP contribution in [-0.2, 0) is 4.74 Å². The number of nitrogens with one attached hydrogen (secondary N) is 1. The van der Waals surface area contributed by atoms with Crippen LogP contribution in [0, 0.1) is 10.1 Å². The normalized spacial score (nSPS) is 15.3. The molecule has 1 aromatic carbocycles. The molecule has 1 saturated heterocycles. The lowest BCUT2D eigenvalue weighted by atomic mass is 10.2. The van der Waals surface area contributed by atoms with Crippen molar-refractivity contribution in [1.29, 1.82) is 0 Å². The lowest BCUT2D eigenvalue weighted by molar-refractivity contribution is -0.384. The predicted molar refractivity (Wildman–Crippen MR) is 61.2 cm³/mol. The summed E-state index contributed by atoms with van der Waals surface area (Å²) < 4.78 is 10.5. The van der Waals surface area contributed by atoms with Gasteiger partial charge in [-0.25, -0.2) is 0 Å². The summed E-state index contributed by atoms with van der Waals surface area (Å²) >= 11 is 0. The van der Waals surface area contributed by atoms with E-state index in [0.717, 1.165) is 19.8 Å². The third-order valence-electron chi connectivity index (χ3n) is 2.49. The maximum absolute atomic E-state index is 10.4. The highest BCUT2D eigenvalue weighted by molar-refractivity contribution is 5.35. The second-order valence-corrected chi connectivity index (χ2v) is 3.79. The summed E-state index contributed by atoms with van der Waals surface area (Å²) in [4.78, 5) is 10.0. The zero-order chi connectivity index (χ0) is 12.1. The molecule has 0 unspecified atom stereocenters. The van der Waals surface area contributed by atoms with E-state index in [9.17, 15) is 10.1 Å². The second kappa shape index (κ2) is 5.60. The van der Waals surface area contributed by atoms with Crippen molar-refractivity contribution < 1.29 is 14.4 Å². The van der Waals surface area contributed by atoms with Gasteiger partial charge in [-0.05, 0) is 12.1 Å². The van der Waals surface area contributed by atoms with Gasteiger partial charge in [-0.15, -0.1) is 0 Å². The highest BCUT2D eigenvalue weighted by Gasteiger charge is 2.16. The summed E-state index contributed by atoms with van der Waals surface area (Å²) in [6, 6.07) is 6.51. The van der Waals surface area contributed by atoms with Crippen LogP contribution < -0.4 is 10.1 Å². The average Bonchev–Trinajstić information content (AvgIpc) is 2.27. The first-order chi connectivity index (χ1) is 8.25. The number of nitrogens with zero attached hydrogens (tertiary/aromatic N) is 1. The van der Waals surface area contributed by atoms with Gasteiger partial charge < -0.3 is 14.8 Å². The number of non-ortho nitro benzene ring substituents is 1. The molecule has 92 valence electrons. The highest BCUT2D eigenvalue weighted by atomic mass is 16.6. The van der Waals surface area contributed by atoms with Gasteiger partial charge in [-0.1, -0.05) is 0 Å². The second-order valence-electron chi connectivity index (χ2n) is 3.79. The maximum Gasteiger partial charge on any atom is 0.269 e. The van der Waals surface area contributed by atoms with Gasteiger partial charge in [-0.2, -0.15) is 0 Å². The van der Waals surface area contributed by atoms with E-state index in [0.29, 0.717) is 18.4 Å². The minimum Gasteiger partial charge on any atom is -0.492 e. The zero-order valence-electron chi connectivity index (χ0n) is 9.30. The molecule has 0 amide bonds. The van der Waals surface area contributed by atoms with Crippen LogP contribution in [-0.4, -0.2) is 37.3 Å². The number of nitro benzene ring substituents is 1. The van der Waals surface area contributed by atoms with Crippen molar-refractivity contribution in [2.75, 3.05) is 26.4 Å². The molecule has 0 spiro atoms. The number of rotatable bonds is 6. The fourth-order valence-electron chi connectivity index (χ4n) is 1.45. The first-order valence-corrected chi connectivity index (χ1v) is 5.44. The fraction of sp³-hybridized carbons (Fsp3) is 0.455. The lowest BCUT2D eigenvalue weighted by Gasteiger charge is -2.26. The summed E-state index contributed by atoms with van der Waals surface area (Å²) in [6.07, 6.45) is 0. The molecule has 0 aliphatic carbocycles. The molecular weight excluding hydrogens is 224 g/mol. The van der Waals surface area contributed by atoms with Crippen molar-refractivity contribution in [3.05, 3.63) is 34.4 Å². The summed E-state index contributed by atoms with van der Waals surface area (Å²) in [5.41, 5.74) is 0.0714. The molecule has 1 aromatic rings. The standard InChI is InChI=1S/C11H14N2O4/c14-13(15)10-1-3-11(4-2-10)17-6-5-12-9-7-16-8-9/h1-4,9,12H,5-8H2. The molecule has 0 aromatic heterocycles. The molecule has 2 rings (SSSR count). The van der Waals surface area contributed by atoms with Crippen molar-refractivity contribution in [2.24, 2.45) is 0 Å². The average molecular weight is 238 g/mol. The lowest BCUT2D eigenvalue weighted by Crippen LogP contribution is -2.47. The van der Waals surface area contributed by atoms with Crippen LogP contribution in [0.15, 0.2) is 24.3 Å². The van der Waals surface area contributed by atoms with Gasteiger partial charge in [0.2, 0.25) is 0 Å². The highest BCUT2D eigenvalue weighted by Crippen LogP contribution is 2.16. The number of benzene rings is 1. The molecule has 0 saturated carbocycles. The van der Waals surface area contributed by atoms with Crippen LogP contribution in [0.25, 0.3) is 0 Å². The van der Waals surface area contributed by atoms with Gasteiger partial charge in [0.15, 0.2) is 0 Å². The van der Waals surface area contributed by atoms with E-state index in [-0.39, 0.29) is 5.69 Å². The SMILES string of the molecule is O=[N+]([O-])c1ccc(OCCNC2COC2)cc1. The summed E-state index contributed by atoms with van der Waals surface area (Å²) in [6.45, 7) is 2.80. The first-order valence-electron chi connectivity index (χ1n) is 5.44. The maximum atomic E-state index is 10.4. The van der Waals surface area contributed by atoms with E-state index in [1.165, 1.54) is 12.1 Å². The molecule has 6 nitrogen and oxygen atoms in total.